The smallest absolute Gasteiger partial charge is 0.0262 e. The van der Waals surface area contributed by atoms with Crippen LogP contribution in [0.4, 0.5) is 0 Å². The van der Waals surface area contributed by atoms with Crippen LogP contribution in [-0.2, 0) is 0 Å². The van der Waals surface area contributed by atoms with Crippen molar-refractivity contribution in [2.75, 3.05) is 0 Å². The molecule has 16 heavy (non-hydrogen) atoms. The molecule has 0 amide bonds. The van der Waals surface area contributed by atoms with Crippen LogP contribution in [0, 0.1) is 6.92 Å². The zero-order valence-corrected chi connectivity index (χ0v) is 11.1. The molecule has 1 aromatic rings. The van der Waals surface area contributed by atoms with E-state index in [4.69, 9.17) is 0 Å². The Balaban J connectivity index is 0.000000293. The molecule has 0 heterocycles. The van der Waals surface area contributed by atoms with Gasteiger partial charge in [-0.3, -0.25) is 0 Å². The molecule has 0 unspecified atom stereocenters. The molecule has 0 heteroatoms. The molecule has 0 atom stereocenters. The van der Waals surface area contributed by atoms with Crippen molar-refractivity contribution in [3.8, 4) is 0 Å². The van der Waals surface area contributed by atoms with Crippen molar-refractivity contribution in [3.63, 3.8) is 0 Å². The summed E-state index contributed by atoms with van der Waals surface area (Å²) in [4.78, 5) is 0. The molecule has 0 aromatic heterocycles. The van der Waals surface area contributed by atoms with Gasteiger partial charge in [0.2, 0.25) is 0 Å². The van der Waals surface area contributed by atoms with E-state index in [-0.39, 0.29) is 0 Å². The van der Waals surface area contributed by atoms with Gasteiger partial charge in [0.15, 0.2) is 0 Å². The van der Waals surface area contributed by atoms with Crippen molar-refractivity contribution >= 4 is 6.08 Å². The third-order valence-corrected chi connectivity index (χ3v) is 2.52. The summed E-state index contributed by atoms with van der Waals surface area (Å²) in [7, 11) is 0. The third kappa shape index (κ3) is 8.28. The summed E-state index contributed by atoms with van der Waals surface area (Å²) in [6.45, 7) is 10.2. The number of aryl methyl sites for hydroxylation is 1. The van der Waals surface area contributed by atoms with Crippen molar-refractivity contribution in [2.45, 2.75) is 52.9 Å². The normalized spacial score (nSPS) is 9.19. The average molecular weight is 218 g/mol. The molecule has 0 aliphatic rings. The van der Waals surface area contributed by atoms with Crippen molar-refractivity contribution in [3.05, 3.63) is 42.0 Å². The monoisotopic (exact) mass is 218 g/mol. The SMILES string of the molecule is C=Cc1ccc(C)cc1.CCCCCCC. The summed E-state index contributed by atoms with van der Waals surface area (Å²) >= 11 is 0. The molecule has 0 saturated heterocycles. The van der Waals surface area contributed by atoms with Crippen LogP contribution >= 0.6 is 0 Å². The number of unbranched alkanes of at least 4 members (excludes halogenated alkanes) is 4. The molecule has 0 N–H and O–H groups in total. The van der Waals surface area contributed by atoms with E-state index in [1.807, 2.05) is 6.08 Å². The minimum atomic E-state index is 1.18. The highest BCUT2D eigenvalue weighted by molar-refractivity contribution is 5.46. The van der Waals surface area contributed by atoms with Crippen LogP contribution in [0.3, 0.4) is 0 Å². The lowest BCUT2D eigenvalue weighted by Gasteiger charge is -1.91. The minimum absolute atomic E-state index is 1.18. The highest BCUT2D eigenvalue weighted by atomic mass is 13.9. The predicted octanol–water partition coefficient (Wildman–Crippen LogP) is 5.61. The van der Waals surface area contributed by atoms with Crippen molar-refractivity contribution < 1.29 is 0 Å². The van der Waals surface area contributed by atoms with Crippen LogP contribution < -0.4 is 0 Å². The van der Waals surface area contributed by atoms with Gasteiger partial charge in [-0.05, 0) is 12.5 Å². The van der Waals surface area contributed by atoms with E-state index >= 15 is 0 Å². The molecule has 0 fully saturated rings. The van der Waals surface area contributed by atoms with Gasteiger partial charge in [0.05, 0.1) is 0 Å². The zero-order valence-electron chi connectivity index (χ0n) is 11.1. The fourth-order valence-corrected chi connectivity index (χ4v) is 1.38. The molecule has 0 bridgehead atoms. The van der Waals surface area contributed by atoms with Gasteiger partial charge in [-0.1, -0.05) is 88.4 Å². The number of hydrogen-bond donors (Lipinski definition) is 0. The summed E-state index contributed by atoms with van der Waals surface area (Å²) in [5, 5.41) is 0. The van der Waals surface area contributed by atoms with Gasteiger partial charge in [0.25, 0.3) is 0 Å². The highest BCUT2D eigenvalue weighted by Gasteiger charge is 1.82. The quantitative estimate of drug-likeness (QED) is 0.563. The van der Waals surface area contributed by atoms with Crippen LogP contribution in [0.2, 0.25) is 0 Å². The molecule has 1 aromatic carbocycles. The largest absolute Gasteiger partial charge is 0.0985 e. The molecular formula is C16H26. The van der Waals surface area contributed by atoms with Crippen LogP contribution in [0.15, 0.2) is 30.8 Å². The first kappa shape index (κ1) is 15.0. The second-order valence-electron chi connectivity index (χ2n) is 4.18. The standard InChI is InChI=1S/C9H10.C7H16/c1-3-9-6-4-8(2)5-7-9;1-3-5-7-6-4-2/h3-7H,1H2,2H3;3-7H2,1-2H3. The summed E-state index contributed by atoms with van der Waals surface area (Å²) in [5.74, 6) is 0. The maximum atomic E-state index is 3.66. The second kappa shape index (κ2) is 10.5. The highest BCUT2D eigenvalue weighted by Crippen LogP contribution is 2.02. The van der Waals surface area contributed by atoms with Crippen molar-refractivity contribution in [1.29, 1.82) is 0 Å². The van der Waals surface area contributed by atoms with E-state index in [0.717, 1.165) is 0 Å². The van der Waals surface area contributed by atoms with Crippen LogP contribution in [0.5, 0.6) is 0 Å². The van der Waals surface area contributed by atoms with Gasteiger partial charge in [-0.25, -0.2) is 0 Å². The van der Waals surface area contributed by atoms with Crippen LogP contribution in [0.1, 0.15) is 57.1 Å². The Kier molecular flexibility index (Phi) is 9.80. The van der Waals surface area contributed by atoms with E-state index < -0.39 is 0 Å². The van der Waals surface area contributed by atoms with Gasteiger partial charge in [-0.2, -0.15) is 0 Å². The maximum Gasteiger partial charge on any atom is -0.0262 e. The number of hydrogen-bond acceptors (Lipinski definition) is 0. The lowest BCUT2D eigenvalue weighted by Crippen LogP contribution is -1.71. The molecule has 0 saturated carbocycles. The first-order valence-corrected chi connectivity index (χ1v) is 6.43. The Morgan fingerprint density at radius 3 is 1.81 bits per heavy atom. The minimum Gasteiger partial charge on any atom is -0.0985 e. The van der Waals surface area contributed by atoms with E-state index in [1.54, 1.807) is 0 Å². The fourth-order valence-electron chi connectivity index (χ4n) is 1.38. The molecule has 0 aliphatic heterocycles. The van der Waals surface area contributed by atoms with Crippen molar-refractivity contribution in [2.24, 2.45) is 0 Å². The Morgan fingerprint density at radius 2 is 1.44 bits per heavy atom. The molecule has 0 spiro atoms. The Labute approximate surface area is 101 Å². The third-order valence-electron chi connectivity index (χ3n) is 2.52. The lowest BCUT2D eigenvalue weighted by atomic mass is 10.2. The molecule has 0 nitrogen and oxygen atoms in total. The van der Waals surface area contributed by atoms with Crippen LogP contribution in [0.25, 0.3) is 6.08 Å². The van der Waals surface area contributed by atoms with Gasteiger partial charge in [0, 0.05) is 0 Å². The van der Waals surface area contributed by atoms with Gasteiger partial charge < -0.3 is 0 Å². The molecule has 0 radical (unpaired) electrons. The van der Waals surface area contributed by atoms with Crippen molar-refractivity contribution in [1.82, 2.24) is 0 Å². The molecule has 0 aliphatic carbocycles. The molecule has 90 valence electrons. The zero-order chi connectivity index (χ0) is 12.2. The van der Waals surface area contributed by atoms with E-state index in [2.05, 4.69) is 51.6 Å². The summed E-state index contributed by atoms with van der Waals surface area (Å²) in [5.41, 5.74) is 2.47. The Bertz CT molecular complexity index is 252. The van der Waals surface area contributed by atoms with Gasteiger partial charge in [0.1, 0.15) is 0 Å². The second-order valence-corrected chi connectivity index (χ2v) is 4.18. The van der Waals surface area contributed by atoms with E-state index in [0.29, 0.717) is 0 Å². The maximum absolute atomic E-state index is 3.66. The predicted molar refractivity (Wildman–Crippen MR) is 75.7 cm³/mol. The number of rotatable bonds is 5. The molecular weight excluding hydrogens is 192 g/mol. The lowest BCUT2D eigenvalue weighted by molar-refractivity contribution is 0.656. The van der Waals surface area contributed by atoms with Gasteiger partial charge in [-0.15, -0.1) is 0 Å². The number of benzene rings is 1. The summed E-state index contributed by atoms with van der Waals surface area (Å²) in [6, 6.07) is 8.28. The summed E-state index contributed by atoms with van der Waals surface area (Å²) < 4.78 is 0. The Morgan fingerprint density at radius 1 is 0.938 bits per heavy atom. The fraction of sp³-hybridized carbons (Fsp3) is 0.500. The summed E-state index contributed by atoms with van der Waals surface area (Å²) in [6.07, 6.45) is 8.86. The van der Waals surface area contributed by atoms with E-state index in [9.17, 15) is 0 Å². The molecule has 1 rings (SSSR count). The first-order chi connectivity index (χ1) is 7.74. The first-order valence-electron chi connectivity index (χ1n) is 6.43. The topological polar surface area (TPSA) is 0 Å². The van der Waals surface area contributed by atoms with E-state index in [1.165, 1.54) is 43.2 Å². The Hall–Kier alpha value is -1.04. The van der Waals surface area contributed by atoms with Crippen LogP contribution in [-0.4, -0.2) is 0 Å². The average Bonchev–Trinajstić information content (AvgIpc) is 2.32. The van der Waals surface area contributed by atoms with Gasteiger partial charge >= 0.3 is 0 Å².